The molecule has 0 atom stereocenters. The molecule has 0 aliphatic carbocycles. The fourth-order valence-corrected chi connectivity index (χ4v) is 3.95. The zero-order chi connectivity index (χ0) is 23.9. The smallest absolute Gasteiger partial charge is 0.444 e. The van der Waals surface area contributed by atoms with Crippen LogP contribution in [0.1, 0.15) is 59.6 Å². The number of hydrogen-bond acceptors (Lipinski definition) is 5. The average Bonchev–Trinajstić information content (AvgIpc) is 2.89. The molecule has 0 unspecified atom stereocenters. The van der Waals surface area contributed by atoms with E-state index in [0.717, 1.165) is 35.4 Å². The maximum absolute atomic E-state index is 12.4. The maximum atomic E-state index is 12.4. The molecule has 0 spiro atoms. The van der Waals surface area contributed by atoms with Gasteiger partial charge in [-0.25, -0.2) is 4.79 Å². The Morgan fingerprint density at radius 3 is 2.19 bits per heavy atom. The van der Waals surface area contributed by atoms with E-state index in [0.29, 0.717) is 19.5 Å². The fraction of sp³-hybridized carbons (Fsp3) is 0.640. The van der Waals surface area contributed by atoms with Crippen LogP contribution in [0.15, 0.2) is 12.1 Å². The number of benzene rings is 1. The number of terminal acetylenes is 1. The molecule has 0 bridgehead atoms. The van der Waals surface area contributed by atoms with E-state index in [9.17, 15) is 4.79 Å². The molecule has 2 saturated heterocycles. The van der Waals surface area contributed by atoms with Gasteiger partial charge in [0.15, 0.2) is 0 Å². The monoisotopic (exact) mass is 440 g/mol. The van der Waals surface area contributed by atoms with Crippen molar-refractivity contribution in [1.82, 2.24) is 4.90 Å². The highest BCUT2D eigenvalue weighted by molar-refractivity contribution is 6.62. The van der Waals surface area contributed by atoms with Gasteiger partial charge in [0.05, 0.1) is 11.2 Å². The van der Waals surface area contributed by atoms with Crippen molar-refractivity contribution in [1.29, 1.82) is 0 Å². The zero-order valence-electron chi connectivity index (χ0n) is 20.9. The molecule has 2 aliphatic heterocycles. The molecule has 0 N–H and O–H groups in total. The summed E-state index contributed by atoms with van der Waals surface area (Å²) in [5, 5.41) is 0. The average molecular weight is 440 g/mol. The summed E-state index contributed by atoms with van der Waals surface area (Å²) in [5.41, 5.74) is 2.99. The van der Waals surface area contributed by atoms with Crippen LogP contribution in [0.2, 0.25) is 0 Å². The van der Waals surface area contributed by atoms with Crippen LogP contribution in [-0.4, -0.2) is 61.1 Å². The predicted molar refractivity (Wildman–Crippen MR) is 129 cm³/mol. The number of ether oxygens (including phenoxy) is 1. The highest BCUT2D eigenvalue weighted by Crippen LogP contribution is 2.37. The van der Waals surface area contributed by atoms with E-state index in [-0.39, 0.29) is 6.09 Å². The van der Waals surface area contributed by atoms with Gasteiger partial charge < -0.3 is 23.8 Å². The van der Waals surface area contributed by atoms with E-state index in [4.69, 9.17) is 20.5 Å². The SMILES string of the molecule is C#CCc1cc(N2CCN(C(=O)OC(C)(C)C)CC2)cc(B2OC(C)(C)C(C)(C)O2)c1C. The van der Waals surface area contributed by atoms with Gasteiger partial charge in [-0.2, -0.15) is 0 Å². The van der Waals surface area contributed by atoms with Crippen molar-refractivity contribution in [3.63, 3.8) is 0 Å². The molecule has 0 saturated carbocycles. The quantitative estimate of drug-likeness (QED) is 0.532. The van der Waals surface area contributed by atoms with E-state index in [1.807, 2.05) is 20.8 Å². The van der Waals surface area contributed by atoms with Gasteiger partial charge in [-0.15, -0.1) is 12.3 Å². The Kier molecular flexibility index (Phi) is 6.61. The van der Waals surface area contributed by atoms with Crippen molar-refractivity contribution in [2.75, 3.05) is 31.1 Å². The minimum absolute atomic E-state index is 0.257. The highest BCUT2D eigenvalue weighted by Gasteiger charge is 2.52. The van der Waals surface area contributed by atoms with Gasteiger partial charge in [-0.05, 0) is 84.1 Å². The molecule has 32 heavy (non-hydrogen) atoms. The number of carbonyl (C=O) groups excluding carboxylic acids is 1. The second-order valence-corrected chi connectivity index (χ2v) is 10.7. The van der Waals surface area contributed by atoms with Gasteiger partial charge in [0.1, 0.15) is 5.60 Å². The molecule has 6 nitrogen and oxygen atoms in total. The first-order chi connectivity index (χ1) is 14.7. The van der Waals surface area contributed by atoms with Crippen molar-refractivity contribution in [2.24, 2.45) is 0 Å². The number of carbonyl (C=O) groups is 1. The third-order valence-electron chi connectivity index (χ3n) is 6.64. The Hall–Kier alpha value is -2.17. The summed E-state index contributed by atoms with van der Waals surface area (Å²) < 4.78 is 18.2. The Bertz CT molecular complexity index is 890. The van der Waals surface area contributed by atoms with Gasteiger partial charge in [-0.3, -0.25) is 0 Å². The van der Waals surface area contributed by atoms with Crippen molar-refractivity contribution in [3.8, 4) is 12.3 Å². The highest BCUT2D eigenvalue weighted by atomic mass is 16.7. The number of nitrogens with zero attached hydrogens (tertiary/aromatic N) is 2. The number of piperazine rings is 1. The molecule has 2 fully saturated rings. The molecular formula is C25H37BN2O4. The molecule has 174 valence electrons. The Morgan fingerprint density at radius 1 is 1.12 bits per heavy atom. The van der Waals surface area contributed by atoms with Crippen molar-refractivity contribution >= 4 is 24.4 Å². The maximum Gasteiger partial charge on any atom is 0.495 e. The van der Waals surface area contributed by atoms with Crippen LogP contribution in [0.25, 0.3) is 0 Å². The lowest BCUT2D eigenvalue weighted by atomic mass is 9.74. The number of rotatable bonds is 3. The predicted octanol–water partition coefficient (Wildman–Crippen LogP) is 3.53. The number of anilines is 1. The summed E-state index contributed by atoms with van der Waals surface area (Å²) in [6.07, 6.45) is 5.95. The van der Waals surface area contributed by atoms with E-state index < -0.39 is 23.9 Å². The Balaban J connectivity index is 1.83. The van der Waals surface area contributed by atoms with Gasteiger partial charge in [-0.1, -0.05) is 0 Å². The zero-order valence-corrected chi connectivity index (χ0v) is 20.9. The summed E-state index contributed by atoms with van der Waals surface area (Å²) in [6.45, 7) is 18.6. The first kappa shape index (κ1) is 24.5. The van der Waals surface area contributed by atoms with Gasteiger partial charge in [0.25, 0.3) is 0 Å². The molecule has 2 heterocycles. The van der Waals surface area contributed by atoms with Gasteiger partial charge in [0.2, 0.25) is 0 Å². The second-order valence-electron chi connectivity index (χ2n) is 10.7. The third-order valence-corrected chi connectivity index (χ3v) is 6.64. The van der Waals surface area contributed by atoms with Gasteiger partial charge in [0, 0.05) is 38.3 Å². The summed E-state index contributed by atoms with van der Waals surface area (Å²) >= 11 is 0. The van der Waals surface area contributed by atoms with Crippen LogP contribution in [0.5, 0.6) is 0 Å². The van der Waals surface area contributed by atoms with Crippen molar-refractivity contribution in [3.05, 3.63) is 23.3 Å². The van der Waals surface area contributed by atoms with Crippen LogP contribution in [0.4, 0.5) is 10.5 Å². The van der Waals surface area contributed by atoms with Crippen molar-refractivity contribution < 1.29 is 18.8 Å². The summed E-state index contributed by atoms with van der Waals surface area (Å²) in [6, 6.07) is 4.31. The van der Waals surface area contributed by atoms with Crippen LogP contribution in [-0.2, 0) is 20.5 Å². The molecule has 7 heteroatoms. The topological polar surface area (TPSA) is 51.2 Å². The van der Waals surface area contributed by atoms with E-state index >= 15 is 0 Å². The minimum Gasteiger partial charge on any atom is -0.444 e. The largest absolute Gasteiger partial charge is 0.495 e. The number of hydrogen-bond donors (Lipinski definition) is 0. The molecule has 1 aromatic carbocycles. The minimum atomic E-state index is -0.493. The standard InChI is InChI=1S/C25H37BN2O4/c1-10-11-19-16-20(27-12-14-28(15-13-27)22(29)30-23(3,4)5)17-21(18(19)2)26-31-24(6,7)25(8,9)32-26/h1,16-17H,11-15H2,2-9H3. The molecule has 0 radical (unpaired) electrons. The summed E-state index contributed by atoms with van der Waals surface area (Å²) in [4.78, 5) is 16.5. The number of amides is 1. The molecule has 0 aromatic heterocycles. The fourth-order valence-electron chi connectivity index (χ4n) is 3.95. The second kappa shape index (κ2) is 8.65. The Morgan fingerprint density at radius 2 is 1.69 bits per heavy atom. The molecule has 1 aromatic rings. The third kappa shape index (κ3) is 5.08. The normalized spacial score (nSPS) is 20.3. The van der Waals surface area contributed by atoms with Crippen LogP contribution < -0.4 is 10.4 Å². The van der Waals surface area contributed by atoms with E-state index in [1.54, 1.807) is 4.90 Å². The van der Waals surface area contributed by atoms with Crippen LogP contribution in [0.3, 0.4) is 0 Å². The molecule has 2 aliphatic rings. The van der Waals surface area contributed by atoms with Crippen molar-refractivity contribution in [2.45, 2.75) is 78.6 Å². The lowest BCUT2D eigenvalue weighted by molar-refractivity contribution is 0.00578. The van der Waals surface area contributed by atoms with E-state index in [1.165, 1.54) is 0 Å². The first-order valence-corrected chi connectivity index (χ1v) is 11.4. The lowest BCUT2D eigenvalue weighted by Gasteiger charge is -2.37. The summed E-state index contributed by atoms with van der Waals surface area (Å²) in [5.74, 6) is 2.78. The van der Waals surface area contributed by atoms with Crippen LogP contribution >= 0.6 is 0 Å². The van der Waals surface area contributed by atoms with E-state index in [2.05, 4.69) is 57.6 Å². The first-order valence-electron chi connectivity index (χ1n) is 11.4. The molecule has 1 amide bonds. The summed E-state index contributed by atoms with van der Waals surface area (Å²) in [7, 11) is -0.445. The Labute approximate surface area is 193 Å². The molecular weight excluding hydrogens is 403 g/mol. The van der Waals surface area contributed by atoms with Gasteiger partial charge >= 0.3 is 13.2 Å². The lowest BCUT2D eigenvalue weighted by Crippen LogP contribution is -2.50. The molecule has 3 rings (SSSR count). The van der Waals surface area contributed by atoms with Crippen LogP contribution in [0, 0.1) is 19.3 Å².